The molecule has 1 heterocycles. The molecular formula is C15H14Cl2N2O. The molecule has 0 unspecified atom stereocenters. The quantitative estimate of drug-likeness (QED) is 0.863. The summed E-state index contributed by atoms with van der Waals surface area (Å²) in [4.78, 5) is 18.1. The summed E-state index contributed by atoms with van der Waals surface area (Å²) in [6.07, 6.45) is 2.44. The van der Waals surface area contributed by atoms with Crippen LogP contribution in [-0.2, 0) is 6.42 Å². The number of carbonyl (C=O) groups is 1. The van der Waals surface area contributed by atoms with Crippen LogP contribution in [0, 0.1) is 0 Å². The Hall–Kier alpha value is -1.58. The van der Waals surface area contributed by atoms with E-state index in [2.05, 4.69) is 4.98 Å². The Bertz CT molecular complexity index is 602. The average Bonchev–Trinajstić information content (AvgIpc) is 2.48. The molecule has 0 aliphatic carbocycles. The minimum absolute atomic E-state index is 0.145. The van der Waals surface area contributed by atoms with E-state index in [-0.39, 0.29) is 5.91 Å². The molecule has 0 saturated heterocycles. The predicted octanol–water partition coefficient (Wildman–Crippen LogP) is 3.70. The summed E-state index contributed by atoms with van der Waals surface area (Å²) in [5.41, 5.74) is 1.37. The van der Waals surface area contributed by atoms with E-state index in [1.807, 2.05) is 18.2 Å². The lowest BCUT2D eigenvalue weighted by molar-refractivity contribution is 0.0796. The monoisotopic (exact) mass is 308 g/mol. The van der Waals surface area contributed by atoms with Crippen LogP contribution in [0.2, 0.25) is 10.0 Å². The first-order valence-electron chi connectivity index (χ1n) is 6.19. The smallest absolute Gasteiger partial charge is 0.255 e. The molecule has 20 heavy (non-hydrogen) atoms. The van der Waals surface area contributed by atoms with Gasteiger partial charge in [0.05, 0.1) is 15.6 Å². The zero-order chi connectivity index (χ0) is 14.5. The maximum atomic E-state index is 12.3. The van der Waals surface area contributed by atoms with Crippen molar-refractivity contribution in [3.8, 4) is 0 Å². The van der Waals surface area contributed by atoms with Gasteiger partial charge in [-0.3, -0.25) is 9.78 Å². The lowest BCUT2D eigenvalue weighted by Crippen LogP contribution is -2.29. The first-order valence-corrected chi connectivity index (χ1v) is 6.94. The lowest BCUT2D eigenvalue weighted by atomic mass is 10.2. The maximum Gasteiger partial charge on any atom is 0.255 e. The summed E-state index contributed by atoms with van der Waals surface area (Å²) in [5, 5.41) is 0.680. The predicted molar refractivity (Wildman–Crippen MR) is 81.4 cm³/mol. The molecule has 0 radical (unpaired) electrons. The van der Waals surface area contributed by atoms with Crippen molar-refractivity contribution in [2.75, 3.05) is 13.6 Å². The van der Waals surface area contributed by atoms with E-state index in [4.69, 9.17) is 23.2 Å². The maximum absolute atomic E-state index is 12.3. The third-order valence-corrected chi connectivity index (χ3v) is 3.78. The van der Waals surface area contributed by atoms with Gasteiger partial charge in [-0.05, 0) is 24.3 Å². The first-order chi connectivity index (χ1) is 9.59. The molecule has 1 aromatic carbocycles. The van der Waals surface area contributed by atoms with Crippen molar-refractivity contribution in [2.24, 2.45) is 0 Å². The molecule has 5 heteroatoms. The average molecular weight is 309 g/mol. The van der Waals surface area contributed by atoms with E-state index in [1.54, 1.807) is 36.3 Å². The second kappa shape index (κ2) is 6.73. The van der Waals surface area contributed by atoms with E-state index >= 15 is 0 Å². The van der Waals surface area contributed by atoms with E-state index in [1.165, 1.54) is 0 Å². The molecule has 1 amide bonds. The van der Waals surface area contributed by atoms with Crippen LogP contribution in [0.3, 0.4) is 0 Å². The zero-order valence-corrected chi connectivity index (χ0v) is 12.5. The Morgan fingerprint density at radius 2 is 2.00 bits per heavy atom. The molecule has 0 aliphatic rings. The molecule has 0 aliphatic heterocycles. The minimum Gasteiger partial charge on any atom is -0.341 e. The van der Waals surface area contributed by atoms with Crippen molar-refractivity contribution >= 4 is 29.1 Å². The van der Waals surface area contributed by atoms with Crippen LogP contribution in [0.15, 0.2) is 42.6 Å². The summed E-state index contributed by atoms with van der Waals surface area (Å²) < 4.78 is 0. The number of hydrogen-bond acceptors (Lipinski definition) is 2. The van der Waals surface area contributed by atoms with Gasteiger partial charge in [0.15, 0.2) is 0 Å². The number of amides is 1. The summed E-state index contributed by atoms with van der Waals surface area (Å²) >= 11 is 12.0. The highest BCUT2D eigenvalue weighted by Gasteiger charge is 2.16. The minimum atomic E-state index is -0.145. The number of likely N-dealkylation sites (N-methyl/N-ethyl adjacent to an activating group) is 1. The van der Waals surface area contributed by atoms with Gasteiger partial charge in [-0.25, -0.2) is 0 Å². The van der Waals surface area contributed by atoms with Crippen molar-refractivity contribution in [1.82, 2.24) is 9.88 Å². The molecule has 0 atom stereocenters. The van der Waals surface area contributed by atoms with Crippen LogP contribution in [0.1, 0.15) is 16.1 Å². The summed E-state index contributed by atoms with van der Waals surface area (Å²) in [6.45, 7) is 0.568. The van der Waals surface area contributed by atoms with Gasteiger partial charge in [0.1, 0.15) is 0 Å². The third-order valence-electron chi connectivity index (χ3n) is 2.96. The normalized spacial score (nSPS) is 10.3. The summed E-state index contributed by atoms with van der Waals surface area (Å²) in [5.74, 6) is -0.145. The molecule has 0 fully saturated rings. The van der Waals surface area contributed by atoms with Gasteiger partial charge in [0, 0.05) is 31.9 Å². The highest BCUT2D eigenvalue weighted by Crippen LogP contribution is 2.26. The topological polar surface area (TPSA) is 33.2 Å². The van der Waals surface area contributed by atoms with Gasteiger partial charge in [0.25, 0.3) is 5.91 Å². The molecule has 1 aromatic heterocycles. The first kappa shape index (κ1) is 14.8. The number of hydrogen-bond donors (Lipinski definition) is 0. The number of pyridine rings is 1. The Labute approximate surface area is 128 Å². The molecule has 0 bridgehead atoms. The van der Waals surface area contributed by atoms with Crippen LogP contribution >= 0.6 is 23.2 Å². The van der Waals surface area contributed by atoms with E-state index < -0.39 is 0 Å². The number of carbonyl (C=O) groups excluding carboxylic acids is 1. The second-order valence-electron chi connectivity index (χ2n) is 4.40. The molecule has 0 spiro atoms. The number of benzene rings is 1. The van der Waals surface area contributed by atoms with Crippen LogP contribution < -0.4 is 0 Å². The van der Waals surface area contributed by atoms with Gasteiger partial charge in [-0.1, -0.05) is 35.3 Å². The number of halogens is 2. The van der Waals surface area contributed by atoms with Gasteiger partial charge in [-0.2, -0.15) is 0 Å². The van der Waals surface area contributed by atoms with Crippen molar-refractivity contribution in [1.29, 1.82) is 0 Å². The van der Waals surface area contributed by atoms with Crippen LogP contribution in [-0.4, -0.2) is 29.4 Å². The number of nitrogens with zero attached hydrogens (tertiary/aromatic N) is 2. The Balaban J connectivity index is 2.04. The molecule has 0 saturated carbocycles. The standard InChI is InChI=1S/C15H14Cl2N2O/c1-19(10-8-11-5-2-3-9-18-11)15(20)12-6-4-7-13(16)14(12)17/h2-7,9H,8,10H2,1H3. The molecule has 2 rings (SSSR count). The van der Waals surface area contributed by atoms with Crippen molar-refractivity contribution in [3.05, 3.63) is 63.9 Å². The number of aromatic nitrogens is 1. The SMILES string of the molecule is CN(CCc1ccccn1)C(=O)c1cccc(Cl)c1Cl. The largest absolute Gasteiger partial charge is 0.341 e. The van der Waals surface area contributed by atoms with Crippen LogP contribution in [0.25, 0.3) is 0 Å². The lowest BCUT2D eigenvalue weighted by Gasteiger charge is -2.18. The fraction of sp³-hybridized carbons (Fsp3) is 0.200. The Morgan fingerprint density at radius 3 is 2.70 bits per heavy atom. The third kappa shape index (κ3) is 3.50. The van der Waals surface area contributed by atoms with Gasteiger partial charge < -0.3 is 4.90 Å². The fourth-order valence-corrected chi connectivity index (χ4v) is 2.19. The van der Waals surface area contributed by atoms with Gasteiger partial charge >= 0.3 is 0 Å². The van der Waals surface area contributed by atoms with Crippen LogP contribution in [0.4, 0.5) is 0 Å². The summed E-state index contributed by atoms with van der Waals surface area (Å²) in [6, 6.07) is 10.8. The molecule has 104 valence electrons. The number of rotatable bonds is 4. The molecule has 2 aromatic rings. The highest BCUT2D eigenvalue weighted by molar-refractivity contribution is 6.43. The molecular weight excluding hydrogens is 295 g/mol. The molecule has 0 N–H and O–H groups in total. The van der Waals surface area contributed by atoms with Gasteiger partial charge in [-0.15, -0.1) is 0 Å². The van der Waals surface area contributed by atoms with E-state index in [0.29, 0.717) is 28.6 Å². The highest BCUT2D eigenvalue weighted by atomic mass is 35.5. The van der Waals surface area contributed by atoms with Crippen molar-refractivity contribution in [2.45, 2.75) is 6.42 Å². The Morgan fingerprint density at radius 1 is 1.20 bits per heavy atom. The van der Waals surface area contributed by atoms with E-state index in [9.17, 15) is 4.79 Å². The molecule has 3 nitrogen and oxygen atoms in total. The fourth-order valence-electron chi connectivity index (χ4n) is 1.80. The van der Waals surface area contributed by atoms with Crippen molar-refractivity contribution < 1.29 is 4.79 Å². The van der Waals surface area contributed by atoms with Crippen LogP contribution in [0.5, 0.6) is 0 Å². The Kier molecular flexibility index (Phi) is 4.99. The zero-order valence-electron chi connectivity index (χ0n) is 11.0. The second-order valence-corrected chi connectivity index (χ2v) is 5.18. The van der Waals surface area contributed by atoms with Crippen molar-refractivity contribution in [3.63, 3.8) is 0 Å². The summed E-state index contributed by atoms with van der Waals surface area (Å²) in [7, 11) is 1.74. The van der Waals surface area contributed by atoms with E-state index in [0.717, 1.165) is 5.69 Å². The van der Waals surface area contributed by atoms with Gasteiger partial charge in [0.2, 0.25) is 0 Å².